The van der Waals surface area contributed by atoms with Crippen LogP contribution in [0.5, 0.6) is 23.0 Å². The Kier molecular flexibility index (Phi) is 10.00. The maximum absolute atomic E-state index is 6.03. The van der Waals surface area contributed by atoms with E-state index in [1.165, 1.54) is 26.6 Å². The quantitative estimate of drug-likeness (QED) is 0.0701. The van der Waals surface area contributed by atoms with E-state index in [4.69, 9.17) is 39.7 Å². The van der Waals surface area contributed by atoms with Crippen molar-refractivity contribution < 1.29 is 28.2 Å². The molecule has 2 aromatic carbocycles. The van der Waals surface area contributed by atoms with Crippen LogP contribution in [0.25, 0.3) is 0 Å². The Morgan fingerprint density at radius 3 is 1.49 bits per heavy atom. The zero-order valence-corrected chi connectivity index (χ0v) is 23.5. The Hall–Kier alpha value is -6.20. The summed E-state index contributed by atoms with van der Waals surface area (Å²) in [7, 11) is 6.18. The lowest BCUT2D eigenvalue weighted by atomic mass is 10.2. The number of nitrogens with one attached hydrogen (secondary N) is 2. The molecule has 0 unspecified atom stereocenters. The van der Waals surface area contributed by atoms with E-state index in [1.54, 1.807) is 50.6 Å². The minimum atomic E-state index is -0.0482. The van der Waals surface area contributed by atoms with E-state index in [2.05, 4.69) is 51.7 Å². The average Bonchev–Trinajstić information content (AvgIpc) is 3.71. The highest BCUT2D eigenvalue weighted by atomic mass is 16.6. The van der Waals surface area contributed by atoms with E-state index in [0.717, 1.165) is 0 Å². The number of anilines is 2. The van der Waals surface area contributed by atoms with Crippen molar-refractivity contribution in [2.75, 3.05) is 45.7 Å². The molecule has 0 bridgehead atoms. The van der Waals surface area contributed by atoms with Crippen LogP contribution < -0.4 is 41.0 Å². The first kappa shape index (κ1) is 29.8. The number of methoxy groups -OCH3 is 4. The first-order valence-corrected chi connectivity index (χ1v) is 12.3. The lowest BCUT2D eigenvalue weighted by molar-refractivity contribution is 0.307. The monoisotopic (exact) mass is 592 g/mol. The highest BCUT2D eigenvalue weighted by Crippen LogP contribution is 2.27. The van der Waals surface area contributed by atoms with Crippen molar-refractivity contribution in [3.05, 3.63) is 58.9 Å². The van der Waals surface area contributed by atoms with Crippen LogP contribution in [0.2, 0.25) is 0 Å². The van der Waals surface area contributed by atoms with Gasteiger partial charge >= 0.3 is 0 Å². The zero-order valence-electron chi connectivity index (χ0n) is 23.5. The number of amidine groups is 2. The fraction of sp³-hybridized carbons (Fsp3) is 0.200. The molecule has 0 spiro atoms. The van der Waals surface area contributed by atoms with Gasteiger partial charge in [-0.3, -0.25) is 0 Å². The highest BCUT2D eigenvalue weighted by Gasteiger charge is 2.16. The molecule has 0 saturated carbocycles. The van der Waals surface area contributed by atoms with Gasteiger partial charge in [0.15, 0.2) is 46.1 Å². The van der Waals surface area contributed by atoms with E-state index in [0.29, 0.717) is 34.1 Å². The molecule has 2 heterocycles. The van der Waals surface area contributed by atoms with Crippen molar-refractivity contribution in [3.63, 3.8) is 0 Å². The average molecular weight is 593 g/mol. The summed E-state index contributed by atoms with van der Waals surface area (Å²) in [5.74, 6) is 2.55. The molecule has 2 aromatic heterocycles. The molecule has 0 atom stereocenters. The first-order chi connectivity index (χ1) is 21.0. The van der Waals surface area contributed by atoms with E-state index in [1.807, 2.05) is 0 Å². The molecule has 18 nitrogen and oxygen atoms in total. The van der Waals surface area contributed by atoms with Gasteiger partial charge < -0.3 is 41.0 Å². The third-order valence-corrected chi connectivity index (χ3v) is 5.53. The fourth-order valence-corrected chi connectivity index (χ4v) is 3.43. The van der Waals surface area contributed by atoms with Crippen molar-refractivity contribution in [1.82, 2.24) is 20.6 Å². The van der Waals surface area contributed by atoms with Crippen molar-refractivity contribution in [3.8, 4) is 23.0 Å². The second-order valence-corrected chi connectivity index (χ2v) is 8.14. The summed E-state index contributed by atoms with van der Waals surface area (Å²) >= 11 is 0. The number of rotatable bonds is 14. The van der Waals surface area contributed by atoms with Gasteiger partial charge in [0.25, 0.3) is 0 Å². The molecule has 4 aromatic rings. The van der Waals surface area contributed by atoms with Crippen molar-refractivity contribution in [2.24, 2.45) is 31.9 Å². The Balaban J connectivity index is 1.35. The molecule has 0 aliphatic heterocycles. The summed E-state index contributed by atoms with van der Waals surface area (Å²) < 4.78 is 30.6. The largest absolute Gasteiger partial charge is 0.493 e. The Labute approximate surface area is 244 Å². The zero-order chi connectivity index (χ0) is 30.6. The molecule has 6 N–H and O–H groups in total. The number of nitrogens with zero attached hydrogens (tertiary/aromatic N) is 8. The molecule has 0 amide bonds. The van der Waals surface area contributed by atoms with Crippen LogP contribution in [0, 0.1) is 0 Å². The van der Waals surface area contributed by atoms with Crippen LogP contribution in [-0.4, -0.2) is 79.8 Å². The van der Waals surface area contributed by atoms with Crippen LogP contribution in [0.15, 0.2) is 66.1 Å². The molecule has 43 heavy (non-hydrogen) atoms. The summed E-state index contributed by atoms with van der Waals surface area (Å²) in [4.78, 5) is 0. The van der Waals surface area contributed by atoms with Gasteiger partial charge in [0.1, 0.15) is 0 Å². The van der Waals surface area contributed by atoms with Crippen LogP contribution >= 0.6 is 0 Å². The molecule has 4 rings (SSSR count). The summed E-state index contributed by atoms with van der Waals surface area (Å²) in [6.45, 7) is 0.0623. The van der Waals surface area contributed by atoms with Crippen molar-refractivity contribution in [1.29, 1.82) is 0 Å². The van der Waals surface area contributed by atoms with Gasteiger partial charge in [0.2, 0.25) is 11.6 Å². The third-order valence-electron chi connectivity index (χ3n) is 5.53. The number of benzene rings is 2. The van der Waals surface area contributed by atoms with E-state index in [9.17, 15) is 0 Å². The second-order valence-electron chi connectivity index (χ2n) is 8.14. The molecule has 0 fully saturated rings. The van der Waals surface area contributed by atoms with Crippen LogP contribution in [0.3, 0.4) is 0 Å². The number of hydrogen-bond acceptors (Lipinski definition) is 16. The Morgan fingerprint density at radius 1 is 0.674 bits per heavy atom. The summed E-state index contributed by atoms with van der Waals surface area (Å²) in [5, 5.41) is 36.9. The molecule has 0 aliphatic rings. The van der Waals surface area contributed by atoms with Crippen LogP contribution in [0.4, 0.5) is 11.6 Å². The Morgan fingerprint density at radius 2 is 1.09 bits per heavy atom. The van der Waals surface area contributed by atoms with Gasteiger partial charge in [-0.1, -0.05) is 0 Å². The number of aromatic nitrogens is 4. The standard InChI is InChI=1S/C25H28N12O6/c1-38-16-7-5-14(9-18(16)40-3)11-30-32-22(26)20-24(36-42-34-20)28-13-29-25-21(35-43-37-25)23(27)33-31-12-15-6-8-17(39-2)19(10-15)41-4/h5-12H,13H2,1-4H3,(H2,26,32)(H2,27,33)(H,28,36)(H,29,37)/b30-11+,31-12+. The van der Waals surface area contributed by atoms with Crippen molar-refractivity contribution >= 4 is 35.7 Å². The topological polar surface area (TPSA) is 240 Å². The van der Waals surface area contributed by atoms with E-state index < -0.39 is 0 Å². The van der Waals surface area contributed by atoms with Gasteiger partial charge in [0.05, 0.1) is 47.5 Å². The van der Waals surface area contributed by atoms with Gasteiger partial charge in [0, 0.05) is 0 Å². The van der Waals surface area contributed by atoms with Crippen LogP contribution in [0.1, 0.15) is 22.5 Å². The number of nitrogens with two attached hydrogens (primary N) is 2. The number of ether oxygens (including phenoxy) is 4. The minimum absolute atomic E-state index is 0.0482. The SMILES string of the molecule is COc1ccc(/C=N/N=C(/N)c2nonc2NCNc2nonc2/C(N)=N\N=C\c2ccc(OC)c(OC)c2)cc1OC. The maximum atomic E-state index is 6.03. The van der Waals surface area contributed by atoms with E-state index in [-0.39, 0.29) is 41.4 Å². The fourth-order valence-electron chi connectivity index (χ4n) is 3.43. The van der Waals surface area contributed by atoms with Gasteiger partial charge in [-0.05, 0) is 68.2 Å². The molecule has 0 radical (unpaired) electrons. The third kappa shape index (κ3) is 7.51. The first-order valence-electron chi connectivity index (χ1n) is 12.3. The van der Waals surface area contributed by atoms with Crippen LogP contribution in [-0.2, 0) is 0 Å². The molecular weight excluding hydrogens is 564 g/mol. The molecular formula is C25H28N12O6. The molecule has 0 saturated heterocycles. The highest BCUT2D eigenvalue weighted by molar-refractivity contribution is 6.00. The molecule has 18 heteroatoms. The second kappa shape index (κ2) is 14.4. The smallest absolute Gasteiger partial charge is 0.203 e. The van der Waals surface area contributed by atoms with Gasteiger partial charge in [-0.2, -0.15) is 10.2 Å². The van der Waals surface area contributed by atoms with E-state index >= 15 is 0 Å². The minimum Gasteiger partial charge on any atom is -0.493 e. The van der Waals surface area contributed by atoms with Gasteiger partial charge in [-0.15, -0.1) is 10.2 Å². The predicted molar refractivity (Wildman–Crippen MR) is 156 cm³/mol. The number of hydrogen-bond donors (Lipinski definition) is 4. The molecule has 0 aliphatic carbocycles. The lowest BCUT2D eigenvalue weighted by Crippen LogP contribution is -2.21. The van der Waals surface area contributed by atoms with Crippen molar-refractivity contribution in [2.45, 2.75) is 0 Å². The summed E-state index contributed by atoms with van der Waals surface area (Å²) in [5.41, 5.74) is 13.7. The Bertz CT molecular complexity index is 1530. The summed E-state index contributed by atoms with van der Waals surface area (Å²) in [6.07, 6.45) is 2.97. The lowest BCUT2D eigenvalue weighted by Gasteiger charge is -2.07. The maximum Gasteiger partial charge on any atom is 0.203 e. The predicted octanol–water partition coefficient (Wildman–Crippen LogP) is 1.45. The molecule has 224 valence electrons. The summed E-state index contributed by atoms with van der Waals surface area (Å²) in [6, 6.07) is 10.5. The van der Waals surface area contributed by atoms with Gasteiger partial charge in [-0.25, -0.2) is 9.26 Å². The normalized spacial score (nSPS) is 12.1.